The number of alkyl halides is 2. The molecule has 0 aromatic rings. The molecule has 0 radical (unpaired) electrons. The lowest BCUT2D eigenvalue weighted by Gasteiger charge is -2.26. The van der Waals surface area contributed by atoms with Crippen LogP contribution in [0, 0.1) is 0 Å². The molecule has 1 aliphatic heterocycles. The van der Waals surface area contributed by atoms with Gasteiger partial charge in [0, 0.05) is 13.1 Å². The fraction of sp³-hybridized carbons (Fsp3) is 0.929. The van der Waals surface area contributed by atoms with Crippen molar-refractivity contribution >= 4 is 16.1 Å². The Labute approximate surface area is 141 Å². The van der Waals surface area contributed by atoms with Crippen LogP contribution in [0.25, 0.3) is 0 Å². The average molecular weight is 373 g/mol. The van der Waals surface area contributed by atoms with Crippen LogP contribution >= 0.6 is 0 Å². The van der Waals surface area contributed by atoms with Gasteiger partial charge in [-0.25, -0.2) is 4.79 Å². The molecule has 142 valence electrons. The number of ether oxygens (including phenoxy) is 2. The molecule has 0 unspecified atom stereocenters. The number of carbonyl (C=O) groups is 1. The van der Waals surface area contributed by atoms with E-state index in [1.165, 1.54) is 0 Å². The first kappa shape index (κ1) is 21.2. The smallest absolute Gasteiger partial charge is 0.460 e. The molecular formula is C14H25F2NO6S. The highest BCUT2D eigenvalue weighted by atomic mass is 32.2. The van der Waals surface area contributed by atoms with E-state index < -0.39 is 21.3 Å². The molecule has 1 fully saturated rings. The zero-order valence-electron chi connectivity index (χ0n) is 13.6. The minimum Gasteiger partial charge on any atom is -0.460 e. The molecule has 1 heterocycles. The molecule has 0 atom stereocenters. The lowest BCUT2D eigenvalue weighted by molar-refractivity contribution is -0.161. The van der Waals surface area contributed by atoms with E-state index in [1.54, 1.807) is 0 Å². The topological polar surface area (TPSA) is 93.1 Å². The van der Waals surface area contributed by atoms with Crippen LogP contribution in [0.4, 0.5) is 8.78 Å². The summed E-state index contributed by atoms with van der Waals surface area (Å²) in [6, 6.07) is 0. The average Bonchev–Trinajstić information content (AvgIpc) is 2.53. The minimum absolute atomic E-state index is 0.294. The van der Waals surface area contributed by atoms with Crippen LogP contribution in [-0.4, -0.2) is 68.5 Å². The van der Waals surface area contributed by atoms with Gasteiger partial charge in [0.05, 0.1) is 19.8 Å². The van der Waals surface area contributed by atoms with Crippen molar-refractivity contribution in [1.82, 2.24) is 4.90 Å². The van der Waals surface area contributed by atoms with Gasteiger partial charge in [0.1, 0.15) is 0 Å². The van der Waals surface area contributed by atoms with Gasteiger partial charge >= 0.3 is 21.3 Å². The Morgan fingerprint density at radius 2 is 1.62 bits per heavy atom. The van der Waals surface area contributed by atoms with Crippen molar-refractivity contribution < 1.29 is 36.0 Å². The van der Waals surface area contributed by atoms with Crippen molar-refractivity contribution in [2.24, 2.45) is 0 Å². The van der Waals surface area contributed by atoms with Crippen molar-refractivity contribution in [2.75, 3.05) is 39.5 Å². The van der Waals surface area contributed by atoms with Crippen molar-refractivity contribution in [2.45, 2.75) is 43.8 Å². The van der Waals surface area contributed by atoms with E-state index in [9.17, 15) is 22.0 Å². The highest BCUT2D eigenvalue weighted by Gasteiger charge is 2.54. The fourth-order valence-electron chi connectivity index (χ4n) is 2.32. The summed E-state index contributed by atoms with van der Waals surface area (Å²) in [5.74, 6) is -2.24. The highest BCUT2D eigenvalue weighted by Crippen LogP contribution is 2.22. The van der Waals surface area contributed by atoms with Gasteiger partial charge < -0.3 is 9.47 Å². The first-order valence-corrected chi connectivity index (χ1v) is 9.51. The lowest BCUT2D eigenvalue weighted by Crippen LogP contribution is -2.39. The Morgan fingerprint density at radius 1 is 1.08 bits per heavy atom. The molecular weight excluding hydrogens is 348 g/mol. The van der Waals surface area contributed by atoms with Crippen molar-refractivity contribution in [3.8, 4) is 0 Å². The third-order valence-corrected chi connectivity index (χ3v) is 4.58. The quantitative estimate of drug-likeness (QED) is 0.335. The summed E-state index contributed by atoms with van der Waals surface area (Å²) in [6.45, 7) is 4.27. The molecule has 0 aromatic heterocycles. The van der Waals surface area contributed by atoms with E-state index in [-0.39, 0.29) is 6.61 Å². The third kappa shape index (κ3) is 7.37. The van der Waals surface area contributed by atoms with Gasteiger partial charge in [0.2, 0.25) is 0 Å². The standard InChI is InChI=1S/C14H25F2NO6S/c15-14(16,24(19,20)21)13(18)23-10-6-4-2-1-3-5-7-17-8-11-22-12-9-17/h1-12H2,(H,19,20,21). The summed E-state index contributed by atoms with van der Waals surface area (Å²) in [4.78, 5) is 13.3. The van der Waals surface area contributed by atoms with E-state index in [4.69, 9.17) is 9.29 Å². The van der Waals surface area contributed by atoms with Crippen LogP contribution in [0.2, 0.25) is 0 Å². The second-order valence-electron chi connectivity index (χ2n) is 5.70. The molecule has 0 aliphatic carbocycles. The van der Waals surface area contributed by atoms with Crippen molar-refractivity contribution in [3.05, 3.63) is 0 Å². The lowest BCUT2D eigenvalue weighted by atomic mass is 10.1. The number of nitrogens with zero attached hydrogens (tertiary/aromatic N) is 1. The highest BCUT2D eigenvalue weighted by molar-refractivity contribution is 7.87. The summed E-state index contributed by atoms with van der Waals surface area (Å²) < 4.78 is 64.1. The predicted octanol–water partition coefficient (Wildman–Crippen LogP) is 1.68. The van der Waals surface area contributed by atoms with Gasteiger partial charge in [-0.15, -0.1) is 0 Å². The number of hydrogen-bond donors (Lipinski definition) is 1. The SMILES string of the molecule is O=C(OCCCCCCCCN1CCOCC1)C(F)(F)S(=O)(=O)O. The molecule has 0 aromatic carbocycles. The number of carbonyl (C=O) groups excluding carboxylic acids is 1. The maximum absolute atomic E-state index is 12.9. The molecule has 1 N–H and O–H groups in total. The van der Waals surface area contributed by atoms with Crippen LogP contribution in [0.1, 0.15) is 38.5 Å². The number of hydrogen-bond acceptors (Lipinski definition) is 6. The van der Waals surface area contributed by atoms with Gasteiger partial charge in [-0.3, -0.25) is 9.45 Å². The third-order valence-electron chi connectivity index (χ3n) is 3.77. The van der Waals surface area contributed by atoms with Crippen LogP contribution < -0.4 is 0 Å². The van der Waals surface area contributed by atoms with Crippen molar-refractivity contribution in [3.63, 3.8) is 0 Å². The molecule has 0 spiro atoms. The molecule has 0 saturated carbocycles. The van der Waals surface area contributed by atoms with E-state index >= 15 is 0 Å². The maximum Gasteiger partial charge on any atom is 0.465 e. The van der Waals surface area contributed by atoms with Gasteiger partial charge in [0.25, 0.3) is 0 Å². The Balaban J connectivity index is 1.97. The van der Waals surface area contributed by atoms with Crippen LogP contribution in [0.15, 0.2) is 0 Å². The zero-order chi connectivity index (χ0) is 18.1. The second kappa shape index (κ2) is 10.2. The number of morpholine rings is 1. The van der Waals surface area contributed by atoms with Gasteiger partial charge in [-0.2, -0.15) is 17.2 Å². The number of unbranched alkanes of at least 4 members (excludes halogenated alkanes) is 5. The van der Waals surface area contributed by atoms with E-state index in [0.717, 1.165) is 58.5 Å². The summed E-state index contributed by atoms with van der Waals surface area (Å²) in [6.07, 6.45) is 5.11. The number of esters is 1. The monoisotopic (exact) mass is 373 g/mol. The van der Waals surface area contributed by atoms with Crippen LogP contribution in [-0.2, 0) is 24.4 Å². The largest absolute Gasteiger partial charge is 0.465 e. The Hall–Kier alpha value is -0.840. The summed E-state index contributed by atoms with van der Waals surface area (Å²) >= 11 is 0. The first-order valence-electron chi connectivity index (χ1n) is 8.07. The molecule has 1 aliphatic rings. The summed E-state index contributed by atoms with van der Waals surface area (Å²) in [5.41, 5.74) is 0. The van der Waals surface area contributed by atoms with Crippen LogP contribution in [0.3, 0.4) is 0 Å². The van der Waals surface area contributed by atoms with E-state index in [2.05, 4.69) is 9.64 Å². The molecule has 0 bridgehead atoms. The maximum atomic E-state index is 12.9. The minimum atomic E-state index is -5.79. The predicted molar refractivity (Wildman–Crippen MR) is 82.4 cm³/mol. The van der Waals surface area contributed by atoms with Gasteiger partial charge in [0.15, 0.2) is 0 Å². The molecule has 7 nitrogen and oxygen atoms in total. The van der Waals surface area contributed by atoms with Gasteiger partial charge in [-0.05, 0) is 19.4 Å². The normalized spacial score (nSPS) is 17.0. The summed E-state index contributed by atoms with van der Waals surface area (Å²) in [7, 11) is -5.79. The Bertz CT molecular complexity index is 480. The van der Waals surface area contributed by atoms with Crippen LogP contribution in [0.5, 0.6) is 0 Å². The van der Waals surface area contributed by atoms with E-state index in [1.807, 2.05) is 0 Å². The molecule has 24 heavy (non-hydrogen) atoms. The number of halogens is 2. The second-order valence-corrected chi connectivity index (χ2v) is 7.17. The Kier molecular flexibility index (Phi) is 9.03. The Morgan fingerprint density at radius 3 is 2.21 bits per heavy atom. The molecule has 1 saturated heterocycles. The number of rotatable bonds is 11. The van der Waals surface area contributed by atoms with E-state index in [0.29, 0.717) is 12.8 Å². The first-order chi connectivity index (χ1) is 11.2. The molecule has 1 rings (SSSR count). The van der Waals surface area contributed by atoms with Crippen molar-refractivity contribution in [1.29, 1.82) is 0 Å². The summed E-state index contributed by atoms with van der Waals surface area (Å²) in [5, 5.41) is -4.91. The van der Waals surface area contributed by atoms with Gasteiger partial charge in [-0.1, -0.05) is 25.7 Å². The zero-order valence-corrected chi connectivity index (χ0v) is 14.4. The molecule has 10 heteroatoms. The fourth-order valence-corrected chi connectivity index (χ4v) is 2.59. The molecule has 0 amide bonds.